The molecule has 0 unspecified atom stereocenters. The smallest absolute Gasteiger partial charge is 0.189 e. The number of hydrogen-bond acceptors (Lipinski definition) is 5. The van der Waals surface area contributed by atoms with E-state index in [2.05, 4.69) is 36.2 Å². The molecule has 0 spiro atoms. The third-order valence-electron chi connectivity index (χ3n) is 2.19. The van der Waals surface area contributed by atoms with Gasteiger partial charge in [-0.1, -0.05) is 23.5 Å². The van der Waals surface area contributed by atoms with Crippen LogP contribution in [-0.4, -0.2) is 15.0 Å². The highest BCUT2D eigenvalue weighted by molar-refractivity contribution is 9.10. The Morgan fingerprint density at radius 3 is 2.94 bits per heavy atom. The highest BCUT2D eigenvalue weighted by Gasteiger charge is 2.06. The van der Waals surface area contributed by atoms with E-state index in [-0.39, 0.29) is 0 Å². The number of thiazole rings is 1. The van der Waals surface area contributed by atoms with E-state index in [1.807, 2.05) is 24.3 Å². The third-order valence-corrected chi connectivity index (χ3v) is 3.72. The van der Waals surface area contributed by atoms with Crippen molar-refractivity contribution in [3.8, 4) is 0 Å². The lowest BCUT2D eigenvalue weighted by atomic mass is 10.3. The lowest BCUT2D eigenvalue weighted by Crippen LogP contribution is -1.94. The molecule has 2 aromatic heterocycles. The monoisotopic (exact) mass is 306 g/mol. The van der Waals surface area contributed by atoms with Crippen LogP contribution in [0.1, 0.15) is 0 Å². The fourth-order valence-electron chi connectivity index (χ4n) is 1.43. The second kappa shape index (κ2) is 4.38. The van der Waals surface area contributed by atoms with Gasteiger partial charge in [0.1, 0.15) is 12.1 Å². The summed E-state index contributed by atoms with van der Waals surface area (Å²) in [5.41, 5.74) is 0.991. The second-order valence-electron chi connectivity index (χ2n) is 3.33. The number of para-hydroxylation sites is 1. The SMILES string of the molecule is Brc1cncnc1Nc1nc2ccccc2s1. The molecule has 0 saturated carbocycles. The van der Waals surface area contributed by atoms with E-state index in [0.29, 0.717) is 0 Å². The first-order valence-corrected chi connectivity index (χ1v) is 6.52. The fourth-order valence-corrected chi connectivity index (χ4v) is 2.62. The molecular weight excluding hydrogens is 300 g/mol. The Bertz CT molecular complexity index is 634. The first-order valence-electron chi connectivity index (χ1n) is 4.91. The second-order valence-corrected chi connectivity index (χ2v) is 5.22. The number of hydrogen-bond donors (Lipinski definition) is 1. The molecule has 3 rings (SSSR count). The maximum atomic E-state index is 4.48. The molecule has 84 valence electrons. The highest BCUT2D eigenvalue weighted by atomic mass is 79.9. The molecule has 0 fully saturated rings. The molecule has 0 radical (unpaired) electrons. The molecule has 0 amide bonds. The molecule has 0 aliphatic rings. The van der Waals surface area contributed by atoms with Crippen LogP contribution in [0.25, 0.3) is 10.2 Å². The Kier molecular flexibility index (Phi) is 2.74. The molecule has 17 heavy (non-hydrogen) atoms. The van der Waals surface area contributed by atoms with Crippen LogP contribution in [-0.2, 0) is 0 Å². The van der Waals surface area contributed by atoms with Crippen molar-refractivity contribution in [2.45, 2.75) is 0 Å². The van der Waals surface area contributed by atoms with Gasteiger partial charge < -0.3 is 5.32 Å². The largest absolute Gasteiger partial charge is 0.315 e. The van der Waals surface area contributed by atoms with Gasteiger partial charge in [-0.3, -0.25) is 0 Å². The van der Waals surface area contributed by atoms with E-state index < -0.39 is 0 Å². The van der Waals surface area contributed by atoms with Crippen molar-refractivity contribution in [3.05, 3.63) is 41.3 Å². The van der Waals surface area contributed by atoms with Crippen molar-refractivity contribution in [2.75, 3.05) is 5.32 Å². The minimum Gasteiger partial charge on any atom is -0.315 e. The number of benzene rings is 1. The Morgan fingerprint density at radius 2 is 2.12 bits per heavy atom. The molecule has 3 aromatic rings. The van der Waals surface area contributed by atoms with Crippen molar-refractivity contribution < 1.29 is 0 Å². The molecule has 0 bridgehead atoms. The molecule has 0 atom stereocenters. The van der Waals surface area contributed by atoms with Crippen molar-refractivity contribution >= 4 is 48.4 Å². The van der Waals surface area contributed by atoms with Gasteiger partial charge in [0.05, 0.1) is 14.7 Å². The number of nitrogens with zero attached hydrogens (tertiary/aromatic N) is 3. The van der Waals surface area contributed by atoms with E-state index >= 15 is 0 Å². The van der Waals surface area contributed by atoms with Crippen LogP contribution in [0.4, 0.5) is 10.9 Å². The van der Waals surface area contributed by atoms with Crippen LogP contribution in [0.5, 0.6) is 0 Å². The summed E-state index contributed by atoms with van der Waals surface area (Å²) in [5.74, 6) is 0.721. The van der Waals surface area contributed by atoms with E-state index in [4.69, 9.17) is 0 Å². The van der Waals surface area contributed by atoms with E-state index in [9.17, 15) is 0 Å². The van der Waals surface area contributed by atoms with Gasteiger partial charge in [-0.05, 0) is 28.1 Å². The van der Waals surface area contributed by atoms with Crippen LogP contribution in [0.15, 0.2) is 41.3 Å². The summed E-state index contributed by atoms with van der Waals surface area (Å²) in [6, 6.07) is 8.02. The summed E-state index contributed by atoms with van der Waals surface area (Å²) in [5, 5.41) is 4.00. The highest BCUT2D eigenvalue weighted by Crippen LogP contribution is 2.29. The van der Waals surface area contributed by atoms with Crippen molar-refractivity contribution in [1.29, 1.82) is 0 Å². The Balaban J connectivity index is 1.98. The minimum atomic E-state index is 0.721. The molecular formula is C11H7BrN4S. The lowest BCUT2D eigenvalue weighted by Gasteiger charge is -2.01. The zero-order valence-electron chi connectivity index (χ0n) is 8.59. The van der Waals surface area contributed by atoms with Crippen molar-refractivity contribution in [1.82, 2.24) is 15.0 Å². The van der Waals surface area contributed by atoms with Gasteiger partial charge in [0, 0.05) is 6.20 Å². The van der Waals surface area contributed by atoms with E-state index in [1.165, 1.54) is 6.33 Å². The third kappa shape index (κ3) is 2.13. The number of aromatic nitrogens is 3. The Morgan fingerprint density at radius 1 is 1.24 bits per heavy atom. The predicted molar refractivity (Wildman–Crippen MR) is 72.6 cm³/mol. The molecule has 0 aliphatic heterocycles. The number of fused-ring (bicyclic) bond motifs is 1. The summed E-state index contributed by atoms with van der Waals surface area (Å²) in [6.45, 7) is 0. The van der Waals surface area contributed by atoms with Gasteiger partial charge in [0.2, 0.25) is 0 Å². The average molecular weight is 307 g/mol. The van der Waals surface area contributed by atoms with E-state index in [1.54, 1.807) is 17.5 Å². The van der Waals surface area contributed by atoms with Crippen LogP contribution in [0.3, 0.4) is 0 Å². The molecule has 2 heterocycles. The predicted octanol–water partition coefficient (Wildman–Crippen LogP) is 3.59. The fraction of sp³-hybridized carbons (Fsp3) is 0. The van der Waals surface area contributed by atoms with Crippen LogP contribution in [0.2, 0.25) is 0 Å². The molecule has 0 aliphatic carbocycles. The zero-order chi connectivity index (χ0) is 11.7. The maximum absolute atomic E-state index is 4.48. The molecule has 4 nitrogen and oxygen atoms in total. The van der Waals surface area contributed by atoms with Crippen LogP contribution >= 0.6 is 27.3 Å². The summed E-state index contributed by atoms with van der Waals surface area (Å²) in [4.78, 5) is 12.5. The maximum Gasteiger partial charge on any atom is 0.189 e. The van der Waals surface area contributed by atoms with Gasteiger partial charge in [-0.25, -0.2) is 15.0 Å². The number of halogens is 1. The summed E-state index contributed by atoms with van der Waals surface area (Å²) >= 11 is 4.98. The average Bonchev–Trinajstić information content (AvgIpc) is 2.74. The Hall–Kier alpha value is -1.53. The van der Waals surface area contributed by atoms with Gasteiger partial charge in [-0.15, -0.1) is 0 Å². The minimum absolute atomic E-state index is 0.721. The zero-order valence-corrected chi connectivity index (χ0v) is 11.0. The van der Waals surface area contributed by atoms with Crippen molar-refractivity contribution in [2.24, 2.45) is 0 Å². The molecule has 1 N–H and O–H groups in total. The van der Waals surface area contributed by atoms with Gasteiger partial charge in [-0.2, -0.15) is 0 Å². The van der Waals surface area contributed by atoms with E-state index in [0.717, 1.165) is 25.6 Å². The standard InChI is InChI=1S/C11H7BrN4S/c12-7-5-13-6-14-10(7)16-11-15-8-3-1-2-4-9(8)17-11/h1-6H,(H,13,14,15,16). The van der Waals surface area contributed by atoms with Crippen molar-refractivity contribution in [3.63, 3.8) is 0 Å². The van der Waals surface area contributed by atoms with Gasteiger partial charge in [0.15, 0.2) is 5.13 Å². The van der Waals surface area contributed by atoms with Gasteiger partial charge in [0.25, 0.3) is 0 Å². The Labute approximate surface area is 110 Å². The molecule has 6 heteroatoms. The lowest BCUT2D eigenvalue weighted by molar-refractivity contribution is 1.15. The summed E-state index contributed by atoms with van der Waals surface area (Å²) in [6.07, 6.45) is 3.20. The topological polar surface area (TPSA) is 50.7 Å². The summed E-state index contributed by atoms with van der Waals surface area (Å²) < 4.78 is 1.97. The first kappa shape index (κ1) is 10.6. The van der Waals surface area contributed by atoms with Gasteiger partial charge >= 0.3 is 0 Å². The number of rotatable bonds is 2. The molecule has 0 saturated heterocycles. The van der Waals surface area contributed by atoms with Crippen LogP contribution in [0, 0.1) is 0 Å². The number of anilines is 2. The van der Waals surface area contributed by atoms with Crippen LogP contribution < -0.4 is 5.32 Å². The number of nitrogens with one attached hydrogen (secondary N) is 1. The normalized spacial score (nSPS) is 10.6. The first-order chi connectivity index (χ1) is 8.33. The summed E-state index contributed by atoms with van der Waals surface area (Å²) in [7, 11) is 0. The quantitative estimate of drug-likeness (QED) is 0.786. The molecule has 1 aromatic carbocycles.